The van der Waals surface area contributed by atoms with E-state index in [1.807, 2.05) is 6.92 Å². The zero-order chi connectivity index (χ0) is 15.8. The Morgan fingerprint density at radius 2 is 2.10 bits per heavy atom. The van der Waals surface area contributed by atoms with Crippen LogP contribution < -0.4 is 0 Å². The number of rotatable bonds is 4. The second kappa shape index (κ2) is 5.94. The second-order valence-electron chi connectivity index (χ2n) is 5.31. The van der Waals surface area contributed by atoms with Crippen LogP contribution in [0.4, 0.5) is 0 Å². The SMILES string of the molecule is Cc1c(C(=O)O)cc(Cl)cc1S(=O)(=O)CC1CCC(C)O1. The lowest BCUT2D eigenvalue weighted by Crippen LogP contribution is -2.22. The second-order valence-corrected chi connectivity index (χ2v) is 7.75. The minimum atomic E-state index is -3.65. The van der Waals surface area contributed by atoms with Crippen LogP contribution in [0.2, 0.25) is 5.02 Å². The first-order valence-electron chi connectivity index (χ1n) is 6.62. The van der Waals surface area contributed by atoms with Gasteiger partial charge in [0.05, 0.1) is 28.4 Å². The molecule has 0 amide bonds. The number of hydrogen-bond acceptors (Lipinski definition) is 4. The number of carboxylic acids is 1. The van der Waals surface area contributed by atoms with Gasteiger partial charge in [-0.2, -0.15) is 0 Å². The zero-order valence-electron chi connectivity index (χ0n) is 11.8. The molecule has 0 spiro atoms. The molecular formula is C14H17ClO5S. The van der Waals surface area contributed by atoms with Gasteiger partial charge in [0.1, 0.15) is 0 Å². The highest BCUT2D eigenvalue weighted by Crippen LogP contribution is 2.28. The van der Waals surface area contributed by atoms with E-state index < -0.39 is 15.8 Å². The first-order valence-corrected chi connectivity index (χ1v) is 8.65. The molecule has 0 radical (unpaired) electrons. The number of aromatic carboxylic acids is 1. The van der Waals surface area contributed by atoms with E-state index in [0.29, 0.717) is 6.42 Å². The van der Waals surface area contributed by atoms with Gasteiger partial charge in [0.15, 0.2) is 9.84 Å². The molecule has 0 aromatic heterocycles. The Labute approximate surface area is 128 Å². The molecule has 1 aromatic carbocycles. The Kier molecular flexibility index (Phi) is 4.60. The molecule has 0 aliphatic carbocycles. The summed E-state index contributed by atoms with van der Waals surface area (Å²) in [5.74, 6) is -1.35. The number of hydrogen-bond donors (Lipinski definition) is 1. The lowest BCUT2D eigenvalue weighted by atomic mass is 10.1. The molecule has 1 saturated heterocycles. The molecule has 2 rings (SSSR count). The van der Waals surface area contributed by atoms with Crippen LogP contribution in [0, 0.1) is 6.92 Å². The molecular weight excluding hydrogens is 316 g/mol. The van der Waals surface area contributed by atoms with Crippen LogP contribution in [0.25, 0.3) is 0 Å². The van der Waals surface area contributed by atoms with E-state index in [1.165, 1.54) is 19.1 Å². The van der Waals surface area contributed by atoms with Crippen LogP contribution >= 0.6 is 11.6 Å². The van der Waals surface area contributed by atoms with Gasteiger partial charge < -0.3 is 9.84 Å². The van der Waals surface area contributed by atoms with Crippen LogP contribution in [0.3, 0.4) is 0 Å². The summed E-state index contributed by atoms with van der Waals surface area (Å²) in [7, 11) is -3.65. The van der Waals surface area contributed by atoms with Crippen molar-refractivity contribution in [3.05, 3.63) is 28.3 Å². The molecule has 0 saturated carbocycles. The average molecular weight is 333 g/mol. The first-order chi connectivity index (χ1) is 9.70. The molecule has 116 valence electrons. The molecule has 5 nitrogen and oxygen atoms in total. The predicted octanol–water partition coefficient (Wildman–Crippen LogP) is 2.69. The summed E-state index contributed by atoms with van der Waals surface area (Å²) < 4.78 is 30.6. The minimum absolute atomic E-state index is 0.0319. The normalized spacial score (nSPS) is 22.4. The van der Waals surface area contributed by atoms with Gasteiger partial charge >= 0.3 is 5.97 Å². The molecule has 1 N–H and O–H groups in total. The third-order valence-corrected chi connectivity index (χ3v) is 5.74. The monoisotopic (exact) mass is 332 g/mol. The number of carboxylic acid groups (broad SMARTS) is 1. The quantitative estimate of drug-likeness (QED) is 0.916. The summed E-state index contributed by atoms with van der Waals surface area (Å²) in [4.78, 5) is 11.1. The number of benzene rings is 1. The van der Waals surface area contributed by atoms with E-state index in [2.05, 4.69) is 0 Å². The van der Waals surface area contributed by atoms with Crippen LogP contribution in [0.15, 0.2) is 17.0 Å². The molecule has 0 bridgehead atoms. The maximum atomic E-state index is 12.5. The van der Waals surface area contributed by atoms with Gasteiger partial charge in [0.2, 0.25) is 0 Å². The Morgan fingerprint density at radius 3 is 2.62 bits per heavy atom. The number of carbonyl (C=O) groups is 1. The van der Waals surface area contributed by atoms with Crippen molar-refractivity contribution in [2.75, 3.05) is 5.75 Å². The van der Waals surface area contributed by atoms with Crippen LogP contribution in [-0.4, -0.2) is 37.5 Å². The average Bonchev–Trinajstić information content (AvgIpc) is 2.76. The third kappa shape index (κ3) is 3.56. The fourth-order valence-electron chi connectivity index (χ4n) is 2.54. The number of halogens is 1. The summed E-state index contributed by atoms with van der Waals surface area (Å²) in [5.41, 5.74) is 0.111. The van der Waals surface area contributed by atoms with Crippen molar-refractivity contribution in [2.45, 2.75) is 43.8 Å². The van der Waals surface area contributed by atoms with Crippen molar-refractivity contribution in [2.24, 2.45) is 0 Å². The molecule has 21 heavy (non-hydrogen) atoms. The van der Waals surface area contributed by atoms with E-state index >= 15 is 0 Å². The van der Waals surface area contributed by atoms with E-state index in [4.69, 9.17) is 21.4 Å². The fraction of sp³-hybridized carbons (Fsp3) is 0.500. The summed E-state index contributed by atoms with van der Waals surface area (Å²) in [5, 5.41) is 9.22. The lowest BCUT2D eigenvalue weighted by Gasteiger charge is -2.14. The maximum absolute atomic E-state index is 12.5. The largest absolute Gasteiger partial charge is 0.478 e. The highest BCUT2D eigenvalue weighted by atomic mass is 35.5. The van der Waals surface area contributed by atoms with Crippen LogP contribution in [0.5, 0.6) is 0 Å². The first kappa shape index (κ1) is 16.3. The fourth-order valence-corrected chi connectivity index (χ4v) is 4.62. The highest BCUT2D eigenvalue weighted by molar-refractivity contribution is 7.91. The summed E-state index contributed by atoms with van der Waals surface area (Å²) in [6, 6.07) is 2.56. The molecule has 1 aromatic rings. The van der Waals surface area contributed by atoms with Crippen molar-refractivity contribution < 1.29 is 23.1 Å². The molecule has 2 atom stereocenters. The molecule has 7 heteroatoms. The van der Waals surface area contributed by atoms with Gasteiger partial charge in [-0.15, -0.1) is 0 Å². The van der Waals surface area contributed by atoms with Crippen molar-refractivity contribution in [3.8, 4) is 0 Å². The highest BCUT2D eigenvalue weighted by Gasteiger charge is 2.30. The van der Waals surface area contributed by atoms with Gasteiger partial charge in [-0.3, -0.25) is 0 Å². The lowest BCUT2D eigenvalue weighted by molar-refractivity contribution is 0.0688. The van der Waals surface area contributed by atoms with Crippen molar-refractivity contribution >= 4 is 27.4 Å². The Balaban J connectivity index is 2.38. The van der Waals surface area contributed by atoms with Crippen LogP contribution in [-0.2, 0) is 14.6 Å². The zero-order valence-corrected chi connectivity index (χ0v) is 13.4. The molecule has 1 fully saturated rings. The van der Waals surface area contributed by atoms with Gasteiger partial charge in [0, 0.05) is 5.02 Å². The van der Waals surface area contributed by atoms with Gasteiger partial charge in [-0.25, -0.2) is 13.2 Å². The molecule has 1 heterocycles. The standard InChI is InChI=1S/C14H17ClO5S/c1-8-3-4-11(20-8)7-21(18,19)13-6-10(15)5-12(9(13)2)14(16)17/h5-6,8,11H,3-4,7H2,1-2H3,(H,16,17). The smallest absolute Gasteiger partial charge is 0.336 e. The molecule has 1 aliphatic rings. The van der Waals surface area contributed by atoms with Gasteiger partial charge in [-0.05, 0) is 44.4 Å². The Bertz CT molecular complexity index is 668. The third-order valence-electron chi connectivity index (χ3n) is 3.62. The van der Waals surface area contributed by atoms with Crippen molar-refractivity contribution in [1.29, 1.82) is 0 Å². The minimum Gasteiger partial charge on any atom is -0.478 e. The predicted molar refractivity (Wildman–Crippen MR) is 78.8 cm³/mol. The topological polar surface area (TPSA) is 80.7 Å². The van der Waals surface area contributed by atoms with Crippen molar-refractivity contribution in [3.63, 3.8) is 0 Å². The van der Waals surface area contributed by atoms with E-state index in [9.17, 15) is 13.2 Å². The number of ether oxygens (including phenoxy) is 1. The van der Waals surface area contributed by atoms with Crippen molar-refractivity contribution in [1.82, 2.24) is 0 Å². The van der Waals surface area contributed by atoms with Gasteiger partial charge in [0.25, 0.3) is 0 Å². The van der Waals surface area contributed by atoms with Crippen LogP contribution in [0.1, 0.15) is 35.7 Å². The summed E-state index contributed by atoms with van der Waals surface area (Å²) in [6.07, 6.45) is 1.22. The van der Waals surface area contributed by atoms with E-state index in [0.717, 1.165) is 6.42 Å². The Hall–Kier alpha value is -1.11. The summed E-state index contributed by atoms with van der Waals surface area (Å²) >= 11 is 5.85. The maximum Gasteiger partial charge on any atom is 0.336 e. The number of sulfone groups is 1. The molecule has 1 aliphatic heterocycles. The van der Waals surface area contributed by atoms with Gasteiger partial charge in [-0.1, -0.05) is 11.6 Å². The van der Waals surface area contributed by atoms with E-state index in [1.54, 1.807) is 0 Å². The Morgan fingerprint density at radius 1 is 1.43 bits per heavy atom. The molecule has 2 unspecified atom stereocenters. The van der Waals surface area contributed by atoms with E-state index in [-0.39, 0.29) is 39.0 Å². The summed E-state index contributed by atoms with van der Waals surface area (Å²) in [6.45, 7) is 3.38.